The normalized spacial score (nSPS) is 12.2. The molecule has 0 radical (unpaired) electrons. The lowest BCUT2D eigenvalue weighted by molar-refractivity contribution is 0.629. The lowest BCUT2D eigenvalue weighted by Gasteiger charge is -2.17. The van der Waals surface area contributed by atoms with Crippen LogP contribution in [0, 0.1) is 0 Å². The van der Waals surface area contributed by atoms with Crippen LogP contribution < -0.4 is 0 Å². The van der Waals surface area contributed by atoms with Gasteiger partial charge in [-0.3, -0.25) is 0 Å². The van der Waals surface area contributed by atoms with Gasteiger partial charge in [-0.1, -0.05) is 97.1 Å². The van der Waals surface area contributed by atoms with Gasteiger partial charge in [-0.2, -0.15) is 0 Å². The first-order chi connectivity index (χ1) is 21.3. The van der Waals surface area contributed by atoms with Crippen molar-refractivity contribution < 1.29 is 13.3 Å². The van der Waals surface area contributed by atoms with Gasteiger partial charge in [-0.25, -0.2) is 0 Å². The Morgan fingerprint density at radius 1 is 0.326 bits per heavy atom. The fourth-order valence-corrected chi connectivity index (χ4v) is 7.05. The Labute approximate surface area is 245 Å². The van der Waals surface area contributed by atoms with Crippen LogP contribution in [0.2, 0.25) is 0 Å². The lowest BCUT2D eigenvalue weighted by atomic mass is 9.86. The number of rotatable bonds is 2. The van der Waals surface area contributed by atoms with Gasteiger partial charge in [0.05, 0.1) is 0 Å². The van der Waals surface area contributed by atoms with E-state index in [1.165, 1.54) is 21.9 Å². The molecule has 0 aliphatic carbocycles. The predicted molar refractivity (Wildman–Crippen MR) is 177 cm³/mol. The summed E-state index contributed by atoms with van der Waals surface area (Å²) in [6.45, 7) is 0. The third kappa shape index (κ3) is 3.14. The molecule has 0 atom stereocenters. The Morgan fingerprint density at radius 2 is 0.884 bits per heavy atom. The first kappa shape index (κ1) is 22.8. The molecule has 0 spiro atoms. The van der Waals surface area contributed by atoms with Crippen LogP contribution in [0.5, 0.6) is 0 Å². The van der Waals surface area contributed by atoms with Crippen molar-refractivity contribution in [2.24, 2.45) is 0 Å². The molecule has 3 heteroatoms. The minimum atomic E-state index is 0.813. The molecule has 0 fully saturated rings. The van der Waals surface area contributed by atoms with Crippen LogP contribution in [0.15, 0.2) is 147 Å². The third-order valence-electron chi connectivity index (χ3n) is 8.87. The highest BCUT2D eigenvalue weighted by Crippen LogP contribution is 2.47. The van der Waals surface area contributed by atoms with Gasteiger partial charge in [0.15, 0.2) is 0 Å². The Hall–Kier alpha value is -5.80. The van der Waals surface area contributed by atoms with Crippen molar-refractivity contribution in [3.8, 4) is 22.5 Å². The highest BCUT2D eigenvalue weighted by atomic mass is 16.3. The summed E-state index contributed by atoms with van der Waals surface area (Å²) in [7, 11) is 0. The Balaban J connectivity index is 1.30. The van der Waals surface area contributed by atoms with Crippen LogP contribution in [-0.2, 0) is 0 Å². The van der Waals surface area contributed by atoms with Crippen LogP contribution in [0.4, 0.5) is 0 Å². The number of hydrogen-bond donors (Lipinski definition) is 0. The van der Waals surface area contributed by atoms with Crippen LogP contribution in [0.1, 0.15) is 0 Å². The largest absolute Gasteiger partial charge is 0.456 e. The summed E-state index contributed by atoms with van der Waals surface area (Å²) in [5.74, 6) is 0.845. The van der Waals surface area contributed by atoms with Gasteiger partial charge in [-0.05, 0) is 63.0 Å². The Kier molecular flexibility index (Phi) is 4.45. The van der Waals surface area contributed by atoms with Gasteiger partial charge in [0.25, 0.3) is 0 Å². The second kappa shape index (κ2) is 8.37. The molecule has 43 heavy (non-hydrogen) atoms. The van der Waals surface area contributed by atoms with Crippen LogP contribution in [0.25, 0.3) is 98.8 Å². The average Bonchev–Trinajstić information content (AvgIpc) is 3.75. The summed E-state index contributed by atoms with van der Waals surface area (Å²) in [5.41, 5.74) is 7.79. The van der Waals surface area contributed by atoms with Crippen molar-refractivity contribution in [3.63, 3.8) is 0 Å². The molecule has 0 amide bonds. The second-order valence-corrected chi connectivity index (χ2v) is 11.2. The molecular formula is C40H22O3. The van der Waals surface area contributed by atoms with E-state index in [0.29, 0.717) is 0 Å². The first-order valence-electron chi connectivity index (χ1n) is 14.5. The van der Waals surface area contributed by atoms with E-state index in [9.17, 15) is 0 Å². The molecule has 7 aromatic carbocycles. The van der Waals surface area contributed by atoms with Crippen LogP contribution in [0.3, 0.4) is 0 Å². The molecule has 3 nitrogen and oxygen atoms in total. The van der Waals surface area contributed by atoms with Crippen molar-refractivity contribution in [2.45, 2.75) is 0 Å². The number of fused-ring (bicyclic) bond motifs is 9. The smallest absolute Gasteiger partial charge is 0.139 e. The standard InChI is InChI=1S/C40H22O3/c1-3-13-27-25(11-1)38(30-16-9-19-34-40(30)29-15-6-8-18-33(29)41-34)26-12-2-4-14-28(26)39(27)37-21-23-20-31-24-10-5-7-17-32(24)42-36(31)22-35(23)43-37/h1-22H. The summed E-state index contributed by atoms with van der Waals surface area (Å²) in [6.07, 6.45) is 0. The summed E-state index contributed by atoms with van der Waals surface area (Å²) >= 11 is 0. The molecule has 0 N–H and O–H groups in total. The van der Waals surface area contributed by atoms with Gasteiger partial charge >= 0.3 is 0 Å². The molecule has 200 valence electrons. The van der Waals surface area contributed by atoms with Gasteiger partial charge in [0, 0.05) is 38.6 Å². The molecular weight excluding hydrogens is 528 g/mol. The fraction of sp³-hybridized carbons (Fsp3) is 0. The molecule has 0 saturated heterocycles. The monoisotopic (exact) mass is 550 g/mol. The van der Waals surface area contributed by atoms with E-state index < -0.39 is 0 Å². The summed E-state index contributed by atoms with van der Waals surface area (Å²) in [4.78, 5) is 0. The molecule has 0 bridgehead atoms. The van der Waals surface area contributed by atoms with Crippen molar-refractivity contribution in [2.75, 3.05) is 0 Å². The highest BCUT2D eigenvalue weighted by molar-refractivity contribution is 6.25. The lowest BCUT2D eigenvalue weighted by Crippen LogP contribution is -1.90. The van der Waals surface area contributed by atoms with Crippen LogP contribution >= 0.6 is 0 Å². The van der Waals surface area contributed by atoms with Crippen LogP contribution in [-0.4, -0.2) is 0 Å². The van der Waals surface area contributed by atoms with Gasteiger partial charge < -0.3 is 13.3 Å². The zero-order chi connectivity index (χ0) is 28.1. The summed E-state index contributed by atoms with van der Waals surface area (Å²) < 4.78 is 19.1. The minimum Gasteiger partial charge on any atom is -0.456 e. The van der Waals surface area contributed by atoms with E-state index in [-0.39, 0.29) is 0 Å². The van der Waals surface area contributed by atoms with E-state index in [4.69, 9.17) is 13.3 Å². The second-order valence-electron chi connectivity index (χ2n) is 11.2. The predicted octanol–water partition coefficient (Wildman–Crippen LogP) is 11.9. The van der Waals surface area contributed by atoms with Crippen molar-refractivity contribution in [3.05, 3.63) is 133 Å². The zero-order valence-electron chi connectivity index (χ0n) is 22.9. The molecule has 0 aliphatic rings. The van der Waals surface area contributed by atoms with Gasteiger partial charge in [0.1, 0.15) is 33.7 Å². The number of furan rings is 3. The molecule has 0 saturated carbocycles. The highest BCUT2D eigenvalue weighted by Gasteiger charge is 2.22. The quantitative estimate of drug-likeness (QED) is 0.201. The molecule has 10 aromatic rings. The molecule has 0 aliphatic heterocycles. The molecule has 3 heterocycles. The topological polar surface area (TPSA) is 39.4 Å². The number of hydrogen-bond acceptors (Lipinski definition) is 3. The van der Waals surface area contributed by atoms with Gasteiger partial charge in [-0.15, -0.1) is 0 Å². The summed E-state index contributed by atoms with van der Waals surface area (Å²) in [5, 5.41) is 10.2. The van der Waals surface area contributed by atoms with Gasteiger partial charge in [0.2, 0.25) is 0 Å². The fourth-order valence-electron chi connectivity index (χ4n) is 7.05. The maximum atomic E-state index is 6.66. The summed E-state index contributed by atoms with van der Waals surface area (Å²) in [6, 6.07) is 46.6. The van der Waals surface area contributed by atoms with E-state index >= 15 is 0 Å². The molecule has 3 aromatic heterocycles. The third-order valence-corrected chi connectivity index (χ3v) is 8.87. The van der Waals surface area contributed by atoms with E-state index in [2.05, 4.69) is 103 Å². The van der Waals surface area contributed by atoms with E-state index in [0.717, 1.165) is 76.9 Å². The zero-order valence-corrected chi connectivity index (χ0v) is 22.9. The maximum Gasteiger partial charge on any atom is 0.139 e. The number of benzene rings is 7. The first-order valence-corrected chi connectivity index (χ1v) is 14.5. The average molecular weight is 551 g/mol. The maximum absolute atomic E-state index is 6.66. The van der Waals surface area contributed by atoms with Crippen molar-refractivity contribution in [1.82, 2.24) is 0 Å². The minimum absolute atomic E-state index is 0.813. The van der Waals surface area contributed by atoms with E-state index in [1.54, 1.807) is 0 Å². The SMILES string of the molecule is c1ccc2c(c1)oc1cc3oc(-c4c5ccccc5c(-c5cccc6oc7ccccc7c56)c5ccccc45)cc3cc12. The Morgan fingerprint density at radius 3 is 1.60 bits per heavy atom. The molecule has 10 rings (SSSR count). The van der Waals surface area contributed by atoms with Crippen molar-refractivity contribution in [1.29, 1.82) is 0 Å². The number of para-hydroxylation sites is 2. The molecule has 0 unspecified atom stereocenters. The Bertz CT molecular complexity index is 2680. The van der Waals surface area contributed by atoms with E-state index in [1.807, 2.05) is 30.3 Å². The van der Waals surface area contributed by atoms with Crippen molar-refractivity contribution >= 4 is 76.4 Å².